The Hall–Kier alpha value is -2.76. The molecule has 1 heterocycles. The van der Waals surface area contributed by atoms with Gasteiger partial charge in [-0.1, -0.05) is 0 Å². The number of hydrogen-bond donors (Lipinski definition) is 2. The molecule has 1 aromatic heterocycles. The number of benzene rings is 1. The fourth-order valence-corrected chi connectivity index (χ4v) is 2.02. The highest BCUT2D eigenvalue weighted by Gasteiger charge is 2.13. The minimum atomic E-state index is -0.334. The van der Waals surface area contributed by atoms with Gasteiger partial charge >= 0.3 is 0 Å². The number of ether oxygens (including phenoxy) is 1. The number of aryl methyl sites for hydroxylation is 2. The van der Waals surface area contributed by atoms with Crippen molar-refractivity contribution in [2.45, 2.75) is 20.8 Å². The molecule has 0 saturated heterocycles. The van der Waals surface area contributed by atoms with Gasteiger partial charge < -0.3 is 14.3 Å². The van der Waals surface area contributed by atoms with Crippen molar-refractivity contribution < 1.29 is 19.1 Å². The van der Waals surface area contributed by atoms with E-state index < -0.39 is 0 Å². The smallest absolute Gasteiger partial charge is 0.274 e. The summed E-state index contributed by atoms with van der Waals surface area (Å²) < 4.78 is 10.4. The van der Waals surface area contributed by atoms with E-state index in [-0.39, 0.29) is 11.7 Å². The molecule has 2 N–H and O–H groups in total. The summed E-state index contributed by atoms with van der Waals surface area (Å²) >= 11 is 0. The number of hydrogen-bond acceptors (Lipinski definition) is 5. The second kappa shape index (κ2) is 6.34. The molecule has 0 saturated carbocycles. The lowest BCUT2D eigenvalue weighted by molar-refractivity contribution is 0.0953. The lowest BCUT2D eigenvalue weighted by atomic mass is 10.1. The van der Waals surface area contributed by atoms with Crippen molar-refractivity contribution in [2.75, 3.05) is 7.11 Å². The van der Waals surface area contributed by atoms with E-state index in [1.807, 2.05) is 0 Å². The van der Waals surface area contributed by atoms with E-state index in [0.717, 1.165) is 5.56 Å². The maximum absolute atomic E-state index is 12.0. The Morgan fingerprint density at radius 3 is 2.64 bits per heavy atom. The average molecular weight is 302 g/mol. The number of hydrazone groups is 1. The Labute approximate surface area is 128 Å². The first kappa shape index (κ1) is 15.6. The van der Waals surface area contributed by atoms with Crippen LogP contribution < -0.4 is 10.2 Å². The molecule has 0 aliphatic heterocycles. The first-order chi connectivity index (χ1) is 10.4. The van der Waals surface area contributed by atoms with Crippen LogP contribution in [-0.2, 0) is 0 Å². The number of amides is 1. The van der Waals surface area contributed by atoms with Gasteiger partial charge in [-0.05, 0) is 45.0 Å². The molecule has 0 spiro atoms. The summed E-state index contributed by atoms with van der Waals surface area (Å²) in [6.45, 7) is 5.25. The number of furan rings is 1. The molecule has 116 valence electrons. The molecular weight excluding hydrogens is 284 g/mol. The van der Waals surface area contributed by atoms with E-state index in [1.165, 1.54) is 13.2 Å². The number of phenols is 1. The summed E-state index contributed by atoms with van der Waals surface area (Å²) in [6, 6.07) is 6.52. The van der Waals surface area contributed by atoms with Gasteiger partial charge in [0.05, 0.1) is 18.4 Å². The summed E-state index contributed by atoms with van der Waals surface area (Å²) in [6.07, 6.45) is 0. The second-order valence-corrected chi connectivity index (χ2v) is 4.85. The van der Waals surface area contributed by atoms with Crippen molar-refractivity contribution in [1.29, 1.82) is 0 Å². The number of carbonyl (C=O) groups excluding carboxylic acids is 1. The summed E-state index contributed by atoms with van der Waals surface area (Å²) in [5.74, 6) is 1.28. The van der Waals surface area contributed by atoms with Crippen LogP contribution in [0.3, 0.4) is 0 Å². The third-order valence-corrected chi connectivity index (χ3v) is 3.21. The molecule has 0 aliphatic rings. The van der Waals surface area contributed by atoms with E-state index >= 15 is 0 Å². The zero-order valence-electron chi connectivity index (χ0n) is 12.9. The third kappa shape index (κ3) is 3.28. The van der Waals surface area contributed by atoms with Crippen LogP contribution in [0, 0.1) is 13.8 Å². The summed E-state index contributed by atoms with van der Waals surface area (Å²) in [5.41, 5.74) is 4.26. The van der Waals surface area contributed by atoms with Gasteiger partial charge in [-0.2, -0.15) is 5.10 Å². The minimum Gasteiger partial charge on any atom is -0.504 e. The van der Waals surface area contributed by atoms with Gasteiger partial charge in [-0.15, -0.1) is 0 Å². The number of carbonyl (C=O) groups is 1. The van der Waals surface area contributed by atoms with Gasteiger partial charge in [0.1, 0.15) is 11.5 Å². The SMILES string of the molecule is COc1cc(/C(C)=N/NC(=O)c2cc(C)oc2C)ccc1O. The second-order valence-electron chi connectivity index (χ2n) is 4.85. The van der Waals surface area contributed by atoms with E-state index in [1.54, 1.807) is 39.0 Å². The molecule has 0 unspecified atom stereocenters. The van der Waals surface area contributed by atoms with E-state index in [0.29, 0.717) is 28.5 Å². The number of nitrogens with zero attached hydrogens (tertiary/aromatic N) is 1. The predicted octanol–water partition coefficient (Wildman–Crippen LogP) is 2.76. The van der Waals surface area contributed by atoms with Crippen LogP contribution in [-0.4, -0.2) is 23.8 Å². The molecule has 1 aromatic carbocycles. The van der Waals surface area contributed by atoms with E-state index in [4.69, 9.17) is 9.15 Å². The molecule has 0 aliphatic carbocycles. The molecule has 6 heteroatoms. The van der Waals surface area contributed by atoms with Crippen molar-refractivity contribution in [3.63, 3.8) is 0 Å². The molecule has 2 aromatic rings. The van der Waals surface area contributed by atoms with Gasteiger partial charge in [-0.3, -0.25) is 4.79 Å². The molecule has 0 radical (unpaired) electrons. The topological polar surface area (TPSA) is 84.1 Å². The van der Waals surface area contributed by atoms with Crippen LogP contribution in [0.15, 0.2) is 33.8 Å². The fourth-order valence-electron chi connectivity index (χ4n) is 2.02. The Morgan fingerprint density at radius 2 is 2.05 bits per heavy atom. The van der Waals surface area contributed by atoms with Crippen LogP contribution in [0.1, 0.15) is 34.4 Å². The maximum atomic E-state index is 12.0. The van der Waals surface area contributed by atoms with Crippen LogP contribution in [0.25, 0.3) is 0 Å². The highest BCUT2D eigenvalue weighted by atomic mass is 16.5. The Balaban J connectivity index is 2.16. The lowest BCUT2D eigenvalue weighted by Crippen LogP contribution is -2.19. The summed E-state index contributed by atoms with van der Waals surface area (Å²) in [4.78, 5) is 12.0. The number of methoxy groups -OCH3 is 1. The van der Waals surface area contributed by atoms with Crippen LogP contribution in [0.5, 0.6) is 11.5 Å². The van der Waals surface area contributed by atoms with Crippen molar-refractivity contribution in [3.05, 3.63) is 46.9 Å². The van der Waals surface area contributed by atoms with Crippen LogP contribution in [0.2, 0.25) is 0 Å². The van der Waals surface area contributed by atoms with Crippen molar-refractivity contribution in [1.82, 2.24) is 5.43 Å². The molecule has 6 nitrogen and oxygen atoms in total. The van der Waals surface area contributed by atoms with Gasteiger partial charge in [0, 0.05) is 5.56 Å². The highest BCUT2D eigenvalue weighted by molar-refractivity contribution is 6.01. The van der Waals surface area contributed by atoms with Crippen molar-refractivity contribution in [2.24, 2.45) is 5.10 Å². The summed E-state index contributed by atoms with van der Waals surface area (Å²) in [5, 5.41) is 13.6. The van der Waals surface area contributed by atoms with Crippen LogP contribution in [0.4, 0.5) is 0 Å². The molecule has 0 bridgehead atoms. The molecular formula is C16H18N2O4. The van der Waals surface area contributed by atoms with E-state index in [2.05, 4.69) is 10.5 Å². The zero-order valence-corrected chi connectivity index (χ0v) is 12.9. The third-order valence-electron chi connectivity index (χ3n) is 3.21. The Bertz CT molecular complexity index is 732. The number of nitrogens with one attached hydrogen (secondary N) is 1. The van der Waals surface area contributed by atoms with Crippen LogP contribution >= 0.6 is 0 Å². The van der Waals surface area contributed by atoms with Gasteiger partial charge in [-0.25, -0.2) is 5.43 Å². The number of aromatic hydroxyl groups is 1. The quantitative estimate of drug-likeness (QED) is 0.672. The predicted molar refractivity (Wildman–Crippen MR) is 82.5 cm³/mol. The molecule has 0 atom stereocenters. The first-order valence-electron chi connectivity index (χ1n) is 6.71. The van der Waals surface area contributed by atoms with Gasteiger partial charge in [0.2, 0.25) is 0 Å². The minimum absolute atomic E-state index is 0.0487. The van der Waals surface area contributed by atoms with Crippen molar-refractivity contribution in [3.8, 4) is 11.5 Å². The Morgan fingerprint density at radius 1 is 1.32 bits per heavy atom. The standard InChI is InChI=1S/C16H18N2O4/c1-9-7-13(11(3)22-9)16(20)18-17-10(2)12-5-6-14(19)15(8-12)21-4/h5-8,19H,1-4H3,(H,18,20)/b17-10+. The molecule has 1 amide bonds. The van der Waals surface area contributed by atoms with E-state index in [9.17, 15) is 9.90 Å². The summed E-state index contributed by atoms with van der Waals surface area (Å²) in [7, 11) is 1.47. The highest BCUT2D eigenvalue weighted by Crippen LogP contribution is 2.26. The monoisotopic (exact) mass is 302 g/mol. The van der Waals surface area contributed by atoms with Gasteiger partial charge in [0.25, 0.3) is 5.91 Å². The number of phenolic OH excluding ortho intramolecular Hbond substituents is 1. The fraction of sp³-hybridized carbons (Fsp3) is 0.250. The molecule has 2 rings (SSSR count). The zero-order chi connectivity index (χ0) is 16.3. The normalized spacial score (nSPS) is 11.4. The maximum Gasteiger partial charge on any atom is 0.274 e. The van der Waals surface area contributed by atoms with Gasteiger partial charge in [0.15, 0.2) is 11.5 Å². The lowest BCUT2D eigenvalue weighted by Gasteiger charge is -2.06. The molecule has 0 fully saturated rings. The van der Waals surface area contributed by atoms with Crippen molar-refractivity contribution >= 4 is 11.6 Å². The largest absolute Gasteiger partial charge is 0.504 e. The Kier molecular flexibility index (Phi) is 4.50. The molecule has 22 heavy (non-hydrogen) atoms. The first-order valence-corrected chi connectivity index (χ1v) is 6.71. The number of rotatable bonds is 4. The average Bonchev–Trinajstić information content (AvgIpc) is 2.83.